The molecule has 0 radical (unpaired) electrons. The topological polar surface area (TPSA) is 6.48 Å². The first-order chi connectivity index (χ1) is 10.4. The zero-order valence-electron chi connectivity index (χ0n) is 13.3. The van der Waals surface area contributed by atoms with E-state index in [4.69, 9.17) is 0 Å². The van der Waals surface area contributed by atoms with E-state index in [0.29, 0.717) is 6.04 Å². The third-order valence-corrected chi connectivity index (χ3v) is 6.05. The number of likely N-dealkylation sites (N-methyl/N-ethyl adjacent to an activating group) is 1. The second kappa shape index (κ2) is 7.66. The molecule has 0 aromatic heterocycles. The van der Waals surface area contributed by atoms with Crippen LogP contribution in [-0.2, 0) is 0 Å². The van der Waals surface area contributed by atoms with Gasteiger partial charge in [0.2, 0.25) is 0 Å². The van der Waals surface area contributed by atoms with Gasteiger partial charge in [0.25, 0.3) is 0 Å². The van der Waals surface area contributed by atoms with Gasteiger partial charge in [0, 0.05) is 24.0 Å². The van der Waals surface area contributed by atoms with Gasteiger partial charge < -0.3 is 4.90 Å². The molecule has 0 bridgehead atoms. The van der Waals surface area contributed by atoms with E-state index in [1.54, 1.807) is 5.56 Å². The summed E-state index contributed by atoms with van der Waals surface area (Å²) in [6, 6.07) is 9.66. The minimum absolute atomic E-state index is 0.636. The number of hydrogen-bond donors (Lipinski definition) is 0. The van der Waals surface area contributed by atoms with Crippen LogP contribution >= 0.6 is 11.8 Å². The Morgan fingerprint density at radius 2 is 2.00 bits per heavy atom. The molecule has 1 atom stereocenters. The van der Waals surface area contributed by atoms with Gasteiger partial charge in [-0.3, -0.25) is 4.90 Å². The fourth-order valence-corrected chi connectivity index (χ4v) is 4.80. The molecule has 2 aliphatic rings. The summed E-state index contributed by atoms with van der Waals surface area (Å²) in [7, 11) is 0. The van der Waals surface area contributed by atoms with Crippen LogP contribution in [0.4, 0.5) is 0 Å². The van der Waals surface area contributed by atoms with Gasteiger partial charge in [-0.1, -0.05) is 31.5 Å². The SMILES string of the molecule is CCN(CCN1CCCCC1)C1CCSc2ccccc21. The van der Waals surface area contributed by atoms with Crippen LogP contribution in [0.2, 0.25) is 0 Å². The Hall–Kier alpha value is -0.510. The van der Waals surface area contributed by atoms with Crippen molar-refractivity contribution in [1.29, 1.82) is 0 Å². The summed E-state index contributed by atoms with van der Waals surface area (Å²) >= 11 is 2.03. The van der Waals surface area contributed by atoms with Crippen molar-refractivity contribution in [3.05, 3.63) is 29.8 Å². The Morgan fingerprint density at radius 1 is 1.19 bits per heavy atom. The second-order valence-electron chi connectivity index (χ2n) is 6.22. The van der Waals surface area contributed by atoms with Gasteiger partial charge >= 0.3 is 0 Å². The fraction of sp³-hybridized carbons (Fsp3) is 0.667. The molecule has 0 spiro atoms. The van der Waals surface area contributed by atoms with Crippen molar-refractivity contribution < 1.29 is 0 Å². The van der Waals surface area contributed by atoms with Crippen LogP contribution in [0.3, 0.4) is 0 Å². The first kappa shape index (κ1) is 15.4. The lowest BCUT2D eigenvalue weighted by Gasteiger charge is -2.37. The van der Waals surface area contributed by atoms with Crippen molar-refractivity contribution in [2.45, 2.75) is 43.5 Å². The summed E-state index contributed by atoms with van der Waals surface area (Å²) < 4.78 is 0. The largest absolute Gasteiger partial charge is 0.302 e. The molecule has 21 heavy (non-hydrogen) atoms. The van der Waals surface area contributed by atoms with Crippen molar-refractivity contribution >= 4 is 11.8 Å². The first-order valence-electron chi connectivity index (χ1n) is 8.56. The molecule has 2 nitrogen and oxygen atoms in total. The van der Waals surface area contributed by atoms with Crippen LogP contribution < -0.4 is 0 Å². The Balaban J connectivity index is 1.63. The molecule has 2 aliphatic heterocycles. The van der Waals surface area contributed by atoms with Crippen LogP contribution in [0.1, 0.15) is 44.2 Å². The maximum absolute atomic E-state index is 2.70. The highest BCUT2D eigenvalue weighted by molar-refractivity contribution is 7.99. The summed E-state index contributed by atoms with van der Waals surface area (Å²) in [5, 5.41) is 0. The van der Waals surface area contributed by atoms with Crippen LogP contribution in [0.15, 0.2) is 29.2 Å². The molecule has 0 aliphatic carbocycles. The van der Waals surface area contributed by atoms with Gasteiger partial charge in [-0.15, -0.1) is 11.8 Å². The predicted molar refractivity (Wildman–Crippen MR) is 92.1 cm³/mol. The second-order valence-corrected chi connectivity index (χ2v) is 7.36. The smallest absolute Gasteiger partial charge is 0.0367 e. The van der Waals surface area contributed by atoms with Crippen LogP contribution in [-0.4, -0.2) is 48.3 Å². The normalized spacial score (nSPS) is 23.2. The predicted octanol–water partition coefficient (Wildman–Crippen LogP) is 4.03. The molecule has 0 amide bonds. The quantitative estimate of drug-likeness (QED) is 0.811. The molecule has 1 aromatic carbocycles. The summed E-state index contributed by atoms with van der Waals surface area (Å²) in [6.07, 6.45) is 5.53. The average Bonchev–Trinajstić information content (AvgIpc) is 2.56. The van der Waals surface area contributed by atoms with E-state index < -0.39 is 0 Å². The van der Waals surface area contributed by atoms with Gasteiger partial charge in [0.05, 0.1) is 0 Å². The minimum atomic E-state index is 0.636. The van der Waals surface area contributed by atoms with Crippen LogP contribution in [0.25, 0.3) is 0 Å². The summed E-state index contributed by atoms with van der Waals surface area (Å²) in [4.78, 5) is 6.87. The summed E-state index contributed by atoms with van der Waals surface area (Å²) in [5.41, 5.74) is 1.56. The van der Waals surface area contributed by atoms with Crippen LogP contribution in [0.5, 0.6) is 0 Å². The molecular weight excluding hydrogens is 276 g/mol. The van der Waals surface area contributed by atoms with Gasteiger partial charge in [0.1, 0.15) is 0 Å². The van der Waals surface area contributed by atoms with E-state index in [9.17, 15) is 0 Å². The Bertz CT molecular complexity index is 443. The lowest BCUT2D eigenvalue weighted by Crippen LogP contribution is -2.40. The third-order valence-electron chi connectivity index (χ3n) is 4.93. The molecule has 0 saturated carbocycles. The van der Waals surface area contributed by atoms with Crippen molar-refractivity contribution in [1.82, 2.24) is 9.80 Å². The highest BCUT2D eigenvalue weighted by atomic mass is 32.2. The number of hydrogen-bond acceptors (Lipinski definition) is 3. The van der Waals surface area contributed by atoms with E-state index in [1.807, 2.05) is 11.8 Å². The first-order valence-corrected chi connectivity index (χ1v) is 9.55. The van der Waals surface area contributed by atoms with Gasteiger partial charge in [-0.05, 0) is 56.3 Å². The molecule has 1 unspecified atom stereocenters. The van der Waals surface area contributed by atoms with Gasteiger partial charge in [-0.2, -0.15) is 0 Å². The van der Waals surface area contributed by atoms with E-state index >= 15 is 0 Å². The van der Waals surface area contributed by atoms with Crippen LogP contribution in [0, 0.1) is 0 Å². The number of piperidine rings is 1. The fourth-order valence-electron chi connectivity index (χ4n) is 3.69. The number of fused-ring (bicyclic) bond motifs is 1. The number of benzene rings is 1. The van der Waals surface area contributed by atoms with Crippen molar-refractivity contribution in [3.63, 3.8) is 0 Å². The Morgan fingerprint density at radius 3 is 2.81 bits per heavy atom. The molecule has 1 saturated heterocycles. The van der Waals surface area contributed by atoms with Gasteiger partial charge in [-0.25, -0.2) is 0 Å². The maximum atomic E-state index is 2.70. The van der Waals surface area contributed by atoms with Gasteiger partial charge in [0.15, 0.2) is 0 Å². The standard InChI is InChI=1S/C18H28N2S/c1-2-20(14-13-19-11-6-3-7-12-19)17-10-15-21-18-9-5-4-8-16(17)18/h4-5,8-9,17H,2-3,6-7,10-15H2,1H3. The van der Waals surface area contributed by atoms with Crippen molar-refractivity contribution in [3.8, 4) is 0 Å². The molecule has 0 N–H and O–H groups in total. The van der Waals surface area contributed by atoms with E-state index in [-0.39, 0.29) is 0 Å². The zero-order chi connectivity index (χ0) is 14.5. The van der Waals surface area contributed by atoms with E-state index in [1.165, 1.54) is 62.5 Å². The third kappa shape index (κ3) is 3.82. The maximum Gasteiger partial charge on any atom is 0.0367 e. The highest BCUT2D eigenvalue weighted by Gasteiger charge is 2.25. The Kier molecular flexibility index (Phi) is 5.61. The van der Waals surface area contributed by atoms with E-state index in [2.05, 4.69) is 41.0 Å². The molecule has 3 heteroatoms. The summed E-state index contributed by atoms with van der Waals surface area (Å²) in [5.74, 6) is 1.27. The molecule has 3 rings (SSSR count). The lowest BCUT2D eigenvalue weighted by molar-refractivity contribution is 0.149. The van der Waals surface area contributed by atoms with Crippen molar-refractivity contribution in [2.75, 3.05) is 38.5 Å². The zero-order valence-corrected chi connectivity index (χ0v) is 14.1. The highest BCUT2D eigenvalue weighted by Crippen LogP contribution is 2.38. The number of rotatable bonds is 5. The summed E-state index contributed by atoms with van der Waals surface area (Å²) in [6.45, 7) is 8.58. The molecule has 116 valence electrons. The molecule has 1 aromatic rings. The molecular formula is C18H28N2S. The number of nitrogens with zero attached hydrogens (tertiary/aromatic N) is 2. The average molecular weight is 305 g/mol. The molecule has 2 heterocycles. The van der Waals surface area contributed by atoms with Crippen molar-refractivity contribution in [2.24, 2.45) is 0 Å². The monoisotopic (exact) mass is 304 g/mol. The lowest BCUT2D eigenvalue weighted by atomic mass is 10.0. The molecule has 1 fully saturated rings. The number of likely N-dealkylation sites (tertiary alicyclic amines) is 1. The van der Waals surface area contributed by atoms with E-state index in [0.717, 1.165) is 6.54 Å². The minimum Gasteiger partial charge on any atom is -0.302 e. The number of thioether (sulfide) groups is 1. The Labute approximate surface area is 133 Å².